The van der Waals surface area contributed by atoms with Crippen LogP contribution in [-0.4, -0.2) is 21.6 Å². The Hall–Kier alpha value is -2.05. The number of halogens is 3. The molecule has 0 aliphatic heterocycles. The van der Waals surface area contributed by atoms with E-state index in [0.717, 1.165) is 44.2 Å². The van der Waals surface area contributed by atoms with Gasteiger partial charge in [-0.25, -0.2) is 4.98 Å². The third-order valence-corrected chi connectivity index (χ3v) is 4.79. The fraction of sp³-hybridized carbons (Fsp3) is 0.529. The summed E-state index contributed by atoms with van der Waals surface area (Å²) in [6.07, 6.45) is -1.69. The summed E-state index contributed by atoms with van der Waals surface area (Å²) in [5, 5.41) is 2.41. The third kappa shape index (κ3) is 2.65. The Morgan fingerprint density at radius 2 is 1.96 bits per heavy atom. The van der Waals surface area contributed by atoms with Crippen LogP contribution in [0.5, 0.6) is 0 Å². The van der Waals surface area contributed by atoms with Gasteiger partial charge in [-0.05, 0) is 57.7 Å². The molecule has 0 atom stereocenters. The van der Waals surface area contributed by atoms with E-state index < -0.39 is 17.5 Å². The van der Waals surface area contributed by atoms with Crippen LogP contribution in [0.25, 0.3) is 11.0 Å². The molecule has 1 amide bonds. The van der Waals surface area contributed by atoms with Gasteiger partial charge in [-0.15, -0.1) is 0 Å². The molecule has 4 nitrogen and oxygen atoms in total. The fourth-order valence-corrected chi connectivity index (χ4v) is 2.69. The van der Waals surface area contributed by atoms with Gasteiger partial charge >= 0.3 is 6.18 Å². The summed E-state index contributed by atoms with van der Waals surface area (Å²) in [6, 6.07) is 5.84. The summed E-state index contributed by atoms with van der Waals surface area (Å²) in [5.41, 5.74) is 0.0785. The first-order valence-corrected chi connectivity index (χ1v) is 7.98. The average molecular weight is 339 g/mol. The first kappa shape index (κ1) is 16.8. The third-order valence-electron chi connectivity index (χ3n) is 4.79. The van der Waals surface area contributed by atoms with Gasteiger partial charge in [0.05, 0.1) is 11.0 Å². The average Bonchev–Trinajstić information content (AvgIpc) is 2.74. The predicted octanol–water partition coefficient (Wildman–Crippen LogP) is 4.60. The van der Waals surface area contributed by atoms with Crippen LogP contribution in [0, 0.1) is 12.3 Å². The number of alkyl halides is 3. The molecule has 0 bridgehead atoms. The first-order valence-electron chi connectivity index (χ1n) is 7.98. The van der Waals surface area contributed by atoms with Gasteiger partial charge in [-0.1, -0.05) is 6.07 Å². The summed E-state index contributed by atoms with van der Waals surface area (Å²) < 4.78 is 41.1. The number of nitrogens with zero attached hydrogens (tertiary/aromatic N) is 2. The van der Waals surface area contributed by atoms with E-state index in [-0.39, 0.29) is 12.0 Å². The number of carbonyl (C=O) groups excluding carboxylic acids is 1. The lowest BCUT2D eigenvalue weighted by Gasteiger charge is -2.30. The number of nitrogens with one attached hydrogen (secondary N) is 1. The second kappa shape index (κ2) is 5.50. The van der Waals surface area contributed by atoms with Crippen LogP contribution in [0.4, 0.5) is 19.1 Å². The second-order valence-electron chi connectivity index (χ2n) is 6.96. The number of hydrogen-bond acceptors (Lipinski definition) is 2. The maximum absolute atomic E-state index is 13.1. The number of carbonyl (C=O) groups is 1. The molecule has 1 aliphatic rings. The quantitative estimate of drug-likeness (QED) is 0.888. The number of fused-ring (bicyclic) bond motifs is 1. The minimum absolute atomic E-state index is 0.168. The molecule has 3 rings (SSSR count). The molecule has 130 valence electrons. The first-order chi connectivity index (χ1) is 11.1. The highest BCUT2D eigenvalue weighted by atomic mass is 19.4. The Morgan fingerprint density at radius 1 is 1.29 bits per heavy atom. The number of imidazole rings is 1. The lowest BCUT2D eigenvalue weighted by molar-refractivity contribution is -0.208. The number of benzene rings is 1. The van der Waals surface area contributed by atoms with Gasteiger partial charge in [0, 0.05) is 6.04 Å². The number of aromatic nitrogens is 2. The van der Waals surface area contributed by atoms with Crippen LogP contribution in [0.2, 0.25) is 0 Å². The van der Waals surface area contributed by atoms with Crippen LogP contribution in [0.3, 0.4) is 0 Å². The Balaban J connectivity index is 2.02. The zero-order valence-corrected chi connectivity index (χ0v) is 13.9. The summed E-state index contributed by atoms with van der Waals surface area (Å²) >= 11 is 0. The van der Waals surface area contributed by atoms with E-state index >= 15 is 0 Å². The zero-order chi connectivity index (χ0) is 17.7. The SMILES string of the molecule is Cc1ccc2nc(NC(=O)C(C)(C)C(F)(F)F)n(C3CCC3)c2c1. The standard InChI is InChI=1S/C17H20F3N3O/c1-10-7-8-12-13(9-10)23(11-5-4-6-11)15(21-12)22-14(24)16(2,3)17(18,19)20/h7-9,11H,4-6H2,1-3H3,(H,21,22,24). The fourth-order valence-electron chi connectivity index (χ4n) is 2.69. The van der Waals surface area contributed by atoms with E-state index in [9.17, 15) is 18.0 Å². The molecule has 0 unspecified atom stereocenters. The minimum atomic E-state index is -4.62. The lowest BCUT2D eigenvalue weighted by atomic mass is 9.91. The molecule has 1 fully saturated rings. The topological polar surface area (TPSA) is 46.9 Å². The summed E-state index contributed by atoms with van der Waals surface area (Å²) in [6.45, 7) is 3.70. The molecule has 1 aromatic heterocycles. The summed E-state index contributed by atoms with van der Waals surface area (Å²) in [7, 11) is 0. The number of aryl methyl sites for hydroxylation is 1. The van der Waals surface area contributed by atoms with Gasteiger partial charge in [0.1, 0.15) is 5.41 Å². The van der Waals surface area contributed by atoms with Crippen LogP contribution in [0.15, 0.2) is 18.2 Å². The number of anilines is 1. The van der Waals surface area contributed by atoms with Crippen molar-refractivity contribution in [2.75, 3.05) is 5.32 Å². The van der Waals surface area contributed by atoms with Crippen LogP contribution in [-0.2, 0) is 4.79 Å². The van der Waals surface area contributed by atoms with Crippen molar-refractivity contribution >= 4 is 22.9 Å². The molecule has 7 heteroatoms. The van der Waals surface area contributed by atoms with Crippen molar-refractivity contribution in [2.24, 2.45) is 5.41 Å². The molecule has 2 aromatic rings. The number of rotatable bonds is 3. The highest BCUT2D eigenvalue weighted by Crippen LogP contribution is 2.40. The van der Waals surface area contributed by atoms with E-state index in [1.54, 1.807) is 0 Å². The smallest absolute Gasteiger partial charge is 0.307 e. The molecule has 1 heterocycles. The van der Waals surface area contributed by atoms with Crippen LogP contribution >= 0.6 is 0 Å². The number of hydrogen-bond donors (Lipinski definition) is 1. The maximum Gasteiger partial charge on any atom is 0.402 e. The monoisotopic (exact) mass is 339 g/mol. The minimum Gasteiger partial charge on any atom is -0.307 e. The van der Waals surface area contributed by atoms with Crippen LogP contribution in [0.1, 0.15) is 44.7 Å². The van der Waals surface area contributed by atoms with E-state index in [1.165, 1.54) is 0 Å². The molecule has 0 spiro atoms. The Morgan fingerprint density at radius 3 is 2.50 bits per heavy atom. The lowest BCUT2D eigenvalue weighted by Crippen LogP contribution is -2.43. The van der Waals surface area contributed by atoms with E-state index in [0.29, 0.717) is 5.52 Å². The normalized spacial score (nSPS) is 16.2. The van der Waals surface area contributed by atoms with Crippen molar-refractivity contribution in [2.45, 2.75) is 52.3 Å². The van der Waals surface area contributed by atoms with Crippen molar-refractivity contribution in [3.63, 3.8) is 0 Å². The molecule has 1 aromatic carbocycles. The Bertz CT molecular complexity index is 788. The van der Waals surface area contributed by atoms with E-state index in [1.807, 2.05) is 29.7 Å². The molecule has 24 heavy (non-hydrogen) atoms. The van der Waals surface area contributed by atoms with Crippen molar-refractivity contribution in [1.29, 1.82) is 0 Å². The van der Waals surface area contributed by atoms with Gasteiger partial charge in [-0.2, -0.15) is 13.2 Å². The molecular weight excluding hydrogens is 319 g/mol. The van der Waals surface area contributed by atoms with Gasteiger partial charge < -0.3 is 4.57 Å². The van der Waals surface area contributed by atoms with Crippen LogP contribution < -0.4 is 5.32 Å². The Kier molecular flexibility index (Phi) is 3.85. The molecule has 1 N–H and O–H groups in total. The van der Waals surface area contributed by atoms with Gasteiger partial charge in [0.25, 0.3) is 0 Å². The second-order valence-corrected chi connectivity index (χ2v) is 6.96. The molecule has 0 saturated heterocycles. The van der Waals surface area contributed by atoms with E-state index in [4.69, 9.17) is 0 Å². The Labute approximate surface area is 138 Å². The molecule has 0 radical (unpaired) electrons. The van der Waals surface area contributed by atoms with E-state index in [2.05, 4.69) is 10.3 Å². The molecule has 1 aliphatic carbocycles. The van der Waals surface area contributed by atoms with Gasteiger partial charge in [0.2, 0.25) is 11.9 Å². The van der Waals surface area contributed by atoms with Crippen molar-refractivity contribution in [3.8, 4) is 0 Å². The van der Waals surface area contributed by atoms with Crippen molar-refractivity contribution in [3.05, 3.63) is 23.8 Å². The van der Waals surface area contributed by atoms with Gasteiger partial charge in [0.15, 0.2) is 0 Å². The van der Waals surface area contributed by atoms with Crippen molar-refractivity contribution < 1.29 is 18.0 Å². The summed E-state index contributed by atoms with van der Waals surface area (Å²) in [5.74, 6) is -0.898. The number of amides is 1. The van der Waals surface area contributed by atoms with Crippen molar-refractivity contribution in [1.82, 2.24) is 9.55 Å². The highest BCUT2D eigenvalue weighted by molar-refractivity contribution is 5.95. The maximum atomic E-state index is 13.1. The van der Waals surface area contributed by atoms with Gasteiger partial charge in [-0.3, -0.25) is 10.1 Å². The molecule has 1 saturated carbocycles. The molecular formula is C17H20F3N3O. The highest BCUT2D eigenvalue weighted by Gasteiger charge is 2.53. The zero-order valence-electron chi connectivity index (χ0n) is 13.9. The summed E-state index contributed by atoms with van der Waals surface area (Å²) in [4.78, 5) is 16.6. The largest absolute Gasteiger partial charge is 0.402 e. The predicted molar refractivity (Wildman–Crippen MR) is 85.8 cm³/mol.